The maximum Gasteiger partial charge on any atom is 0.109 e. The van der Waals surface area contributed by atoms with Gasteiger partial charge in [0.1, 0.15) is 5.82 Å². The molecule has 4 heteroatoms. The average molecular weight is 280 g/mol. The van der Waals surface area contributed by atoms with E-state index in [1.807, 2.05) is 18.2 Å². The summed E-state index contributed by atoms with van der Waals surface area (Å²) < 4.78 is 2.31. The first kappa shape index (κ1) is 14.4. The Morgan fingerprint density at radius 2 is 1.95 bits per heavy atom. The number of aryl methyl sites for hydroxylation is 1. The van der Waals surface area contributed by atoms with Crippen LogP contribution in [0.15, 0.2) is 18.2 Å². The van der Waals surface area contributed by atoms with Crippen molar-refractivity contribution in [2.45, 2.75) is 33.7 Å². The molecule has 0 amide bonds. The van der Waals surface area contributed by atoms with Crippen molar-refractivity contribution in [1.29, 1.82) is 0 Å². The fourth-order valence-electron chi connectivity index (χ4n) is 2.45. The second-order valence-electron chi connectivity index (χ2n) is 4.69. The van der Waals surface area contributed by atoms with Crippen molar-refractivity contribution in [2.24, 2.45) is 0 Å². The molecule has 1 aromatic heterocycles. The van der Waals surface area contributed by atoms with E-state index in [9.17, 15) is 0 Å². The van der Waals surface area contributed by atoms with Crippen LogP contribution in [0, 0.1) is 0 Å². The van der Waals surface area contributed by atoms with E-state index in [1.54, 1.807) is 0 Å². The van der Waals surface area contributed by atoms with Crippen molar-refractivity contribution in [3.8, 4) is 0 Å². The van der Waals surface area contributed by atoms with E-state index in [0.717, 1.165) is 54.5 Å². The number of hydrogen-bond donors (Lipinski definition) is 0. The highest BCUT2D eigenvalue weighted by molar-refractivity contribution is 6.31. The zero-order chi connectivity index (χ0) is 13.8. The molecule has 0 fully saturated rings. The molecular weight excluding hydrogens is 258 g/mol. The molecule has 0 saturated carbocycles. The SMILES string of the molecule is CCc1nc2ccc(Cl)cc2n1CCN(CC)CC. The van der Waals surface area contributed by atoms with Gasteiger partial charge in [0.2, 0.25) is 0 Å². The van der Waals surface area contributed by atoms with Gasteiger partial charge < -0.3 is 9.47 Å². The number of halogens is 1. The highest BCUT2D eigenvalue weighted by atomic mass is 35.5. The molecule has 0 atom stereocenters. The first-order chi connectivity index (χ1) is 9.19. The zero-order valence-corrected chi connectivity index (χ0v) is 12.7. The number of nitrogens with zero attached hydrogens (tertiary/aromatic N) is 3. The van der Waals surface area contributed by atoms with Crippen molar-refractivity contribution < 1.29 is 0 Å². The molecule has 0 unspecified atom stereocenters. The van der Waals surface area contributed by atoms with E-state index in [1.165, 1.54) is 0 Å². The molecule has 3 nitrogen and oxygen atoms in total. The van der Waals surface area contributed by atoms with Crippen molar-refractivity contribution in [3.63, 3.8) is 0 Å². The van der Waals surface area contributed by atoms with Crippen molar-refractivity contribution >= 4 is 22.6 Å². The van der Waals surface area contributed by atoms with Crippen LogP contribution in [0.2, 0.25) is 5.02 Å². The number of benzene rings is 1. The second-order valence-corrected chi connectivity index (χ2v) is 5.13. The number of fused-ring (bicyclic) bond motifs is 1. The summed E-state index contributed by atoms with van der Waals surface area (Å²) in [7, 11) is 0. The minimum Gasteiger partial charge on any atom is -0.327 e. The van der Waals surface area contributed by atoms with Crippen LogP contribution in [0.4, 0.5) is 0 Å². The van der Waals surface area contributed by atoms with Gasteiger partial charge in [-0.3, -0.25) is 0 Å². The van der Waals surface area contributed by atoms with Crippen molar-refractivity contribution in [1.82, 2.24) is 14.5 Å². The monoisotopic (exact) mass is 279 g/mol. The Labute approximate surface area is 120 Å². The standard InChI is InChI=1S/C15H22ClN3/c1-4-15-17-13-8-7-12(16)11-14(13)19(15)10-9-18(5-2)6-3/h7-8,11H,4-6,9-10H2,1-3H3. The molecule has 0 radical (unpaired) electrons. The van der Waals surface area contributed by atoms with E-state index in [2.05, 4.69) is 35.2 Å². The van der Waals surface area contributed by atoms with Gasteiger partial charge in [0.25, 0.3) is 0 Å². The Morgan fingerprint density at radius 1 is 1.21 bits per heavy atom. The van der Waals surface area contributed by atoms with Gasteiger partial charge in [0.15, 0.2) is 0 Å². The summed E-state index contributed by atoms with van der Waals surface area (Å²) in [4.78, 5) is 7.11. The van der Waals surface area contributed by atoms with Gasteiger partial charge in [0, 0.05) is 24.5 Å². The van der Waals surface area contributed by atoms with Crippen LogP contribution < -0.4 is 0 Å². The summed E-state index contributed by atoms with van der Waals surface area (Å²) in [5.74, 6) is 1.14. The maximum absolute atomic E-state index is 6.11. The second kappa shape index (κ2) is 6.40. The molecule has 2 rings (SSSR count). The average Bonchev–Trinajstić information content (AvgIpc) is 2.77. The normalized spacial score (nSPS) is 11.6. The van der Waals surface area contributed by atoms with Crippen LogP contribution in [-0.4, -0.2) is 34.1 Å². The summed E-state index contributed by atoms with van der Waals surface area (Å²) >= 11 is 6.11. The number of hydrogen-bond acceptors (Lipinski definition) is 2. The predicted molar refractivity (Wildman–Crippen MR) is 81.9 cm³/mol. The molecule has 0 aliphatic heterocycles. The summed E-state index contributed by atoms with van der Waals surface area (Å²) in [6, 6.07) is 5.93. The third-order valence-corrected chi connectivity index (χ3v) is 3.87. The van der Waals surface area contributed by atoms with Crippen LogP contribution in [0.3, 0.4) is 0 Å². The Balaban J connectivity index is 2.31. The topological polar surface area (TPSA) is 21.1 Å². The smallest absolute Gasteiger partial charge is 0.109 e. The molecule has 0 saturated heterocycles. The van der Waals surface area contributed by atoms with Crippen molar-refractivity contribution in [3.05, 3.63) is 29.0 Å². The lowest BCUT2D eigenvalue weighted by Gasteiger charge is -2.19. The van der Waals surface area contributed by atoms with Gasteiger partial charge in [-0.1, -0.05) is 32.4 Å². The van der Waals surface area contributed by atoms with Gasteiger partial charge in [-0.05, 0) is 31.3 Å². The van der Waals surface area contributed by atoms with Gasteiger partial charge >= 0.3 is 0 Å². The van der Waals surface area contributed by atoms with Gasteiger partial charge in [-0.25, -0.2) is 4.98 Å². The Kier molecular flexibility index (Phi) is 4.83. The third kappa shape index (κ3) is 3.10. The molecule has 19 heavy (non-hydrogen) atoms. The summed E-state index contributed by atoms with van der Waals surface area (Å²) in [6.07, 6.45) is 0.949. The maximum atomic E-state index is 6.11. The lowest BCUT2D eigenvalue weighted by Crippen LogP contribution is -2.27. The Bertz CT molecular complexity index is 544. The summed E-state index contributed by atoms with van der Waals surface area (Å²) in [5.41, 5.74) is 2.19. The lowest BCUT2D eigenvalue weighted by atomic mass is 10.3. The zero-order valence-electron chi connectivity index (χ0n) is 12.0. The van der Waals surface area contributed by atoms with E-state index in [0.29, 0.717) is 0 Å². The Morgan fingerprint density at radius 3 is 2.58 bits per heavy atom. The molecule has 2 aromatic rings. The fourth-order valence-corrected chi connectivity index (χ4v) is 2.61. The fraction of sp³-hybridized carbons (Fsp3) is 0.533. The van der Waals surface area contributed by atoms with Gasteiger partial charge in [-0.2, -0.15) is 0 Å². The summed E-state index contributed by atoms with van der Waals surface area (Å²) in [6.45, 7) is 10.8. The number of rotatable bonds is 6. The highest BCUT2D eigenvalue weighted by Gasteiger charge is 2.10. The van der Waals surface area contributed by atoms with E-state index in [4.69, 9.17) is 11.6 Å². The molecular formula is C15H22ClN3. The largest absolute Gasteiger partial charge is 0.327 e. The summed E-state index contributed by atoms with van der Waals surface area (Å²) in [5, 5.41) is 0.777. The van der Waals surface area contributed by atoms with E-state index >= 15 is 0 Å². The Hall–Kier alpha value is -1.06. The number of aromatic nitrogens is 2. The molecule has 1 heterocycles. The molecule has 0 spiro atoms. The van der Waals surface area contributed by atoms with E-state index in [-0.39, 0.29) is 0 Å². The quantitative estimate of drug-likeness (QED) is 0.806. The van der Waals surface area contributed by atoms with E-state index < -0.39 is 0 Å². The minimum atomic E-state index is 0.777. The van der Waals surface area contributed by atoms with Crippen LogP contribution in [0.25, 0.3) is 11.0 Å². The lowest BCUT2D eigenvalue weighted by molar-refractivity contribution is 0.290. The minimum absolute atomic E-state index is 0.777. The van der Waals surface area contributed by atoms with Gasteiger partial charge in [0.05, 0.1) is 11.0 Å². The number of imidazole rings is 1. The molecule has 0 aliphatic rings. The predicted octanol–water partition coefficient (Wildman–Crippen LogP) is 3.59. The van der Waals surface area contributed by atoms with Crippen LogP contribution in [0.1, 0.15) is 26.6 Å². The van der Waals surface area contributed by atoms with Crippen LogP contribution in [-0.2, 0) is 13.0 Å². The molecule has 0 bridgehead atoms. The van der Waals surface area contributed by atoms with Crippen LogP contribution in [0.5, 0.6) is 0 Å². The molecule has 0 N–H and O–H groups in total. The van der Waals surface area contributed by atoms with Crippen molar-refractivity contribution in [2.75, 3.05) is 19.6 Å². The first-order valence-corrected chi connectivity index (χ1v) is 7.44. The molecule has 0 aliphatic carbocycles. The third-order valence-electron chi connectivity index (χ3n) is 3.64. The first-order valence-electron chi connectivity index (χ1n) is 7.06. The number of likely N-dealkylation sites (N-methyl/N-ethyl adjacent to an activating group) is 1. The van der Waals surface area contributed by atoms with Crippen LogP contribution >= 0.6 is 11.6 Å². The molecule has 104 valence electrons. The van der Waals surface area contributed by atoms with Gasteiger partial charge in [-0.15, -0.1) is 0 Å². The highest BCUT2D eigenvalue weighted by Crippen LogP contribution is 2.21. The molecule has 1 aromatic carbocycles.